The van der Waals surface area contributed by atoms with Gasteiger partial charge in [-0.2, -0.15) is 0 Å². The molecule has 1 saturated heterocycles. The Kier molecular flexibility index (Phi) is 3.98. The van der Waals surface area contributed by atoms with Crippen LogP contribution in [0.1, 0.15) is 58.4 Å². The van der Waals surface area contributed by atoms with Gasteiger partial charge < -0.3 is 10.6 Å². The number of rotatable bonds is 3. The van der Waals surface area contributed by atoms with E-state index in [0.717, 1.165) is 53.0 Å². The van der Waals surface area contributed by atoms with Gasteiger partial charge in [0, 0.05) is 24.4 Å². The number of aromatic nitrogens is 2. The van der Waals surface area contributed by atoms with Crippen LogP contribution in [0.4, 0.5) is 0 Å². The van der Waals surface area contributed by atoms with Crippen molar-refractivity contribution in [2.75, 3.05) is 13.1 Å². The summed E-state index contributed by atoms with van der Waals surface area (Å²) in [7, 11) is 0. The minimum Gasteiger partial charge on any atom is -0.369 e. The fourth-order valence-electron chi connectivity index (χ4n) is 3.63. The summed E-state index contributed by atoms with van der Waals surface area (Å²) in [6, 6.07) is 0. The first-order valence-corrected chi connectivity index (χ1v) is 9.63. The lowest BCUT2D eigenvalue weighted by Gasteiger charge is -2.31. The smallest absolute Gasteiger partial charge is 0.264 e. The highest BCUT2D eigenvalue weighted by molar-refractivity contribution is 7.20. The van der Waals surface area contributed by atoms with E-state index in [4.69, 9.17) is 10.7 Å². The number of thiophene rings is 1. The van der Waals surface area contributed by atoms with Crippen LogP contribution >= 0.6 is 11.3 Å². The summed E-state index contributed by atoms with van der Waals surface area (Å²) in [5, 5.41) is 1.00. The monoisotopic (exact) mass is 358 g/mol. The molecule has 6 nitrogen and oxygen atoms in total. The molecule has 3 heterocycles. The molecule has 1 saturated carbocycles. The summed E-state index contributed by atoms with van der Waals surface area (Å²) in [4.78, 5) is 37.3. The van der Waals surface area contributed by atoms with Crippen molar-refractivity contribution < 1.29 is 9.59 Å². The number of carbonyl (C=O) groups excluding carboxylic acids is 2. The Balaban J connectivity index is 1.68. The average molecular weight is 358 g/mol. The molecule has 0 spiro atoms. The summed E-state index contributed by atoms with van der Waals surface area (Å²) in [5.74, 6) is 0.829. The minimum absolute atomic E-state index is 0.0150. The van der Waals surface area contributed by atoms with Gasteiger partial charge >= 0.3 is 0 Å². The number of primary amides is 1. The quantitative estimate of drug-likeness (QED) is 0.913. The largest absolute Gasteiger partial charge is 0.369 e. The van der Waals surface area contributed by atoms with Crippen LogP contribution in [-0.2, 0) is 4.79 Å². The van der Waals surface area contributed by atoms with Crippen LogP contribution in [0.15, 0.2) is 0 Å². The summed E-state index contributed by atoms with van der Waals surface area (Å²) >= 11 is 1.45. The van der Waals surface area contributed by atoms with Gasteiger partial charge in [0.15, 0.2) is 0 Å². The van der Waals surface area contributed by atoms with Crippen molar-refractivity contribution in [2.45, 2.75) is 45.4 Å². The van der Waals surface area contributed by atoms with Crippen molar-refractivity contribution in [1.29, 1.82) is 0 Å². The predicted molar refractivity (Wildman–Crippen MR) is 96.7 cm³/mol. The molecule has 1 atom stereocenters. The van der Waals surface area contributed by atoms with E-state index in [1.54, 1.807) is 4.90 Å². The highest BCUT2D eigenvalue weighted by atomic mass is 32.1. The summed E-state index contributed by atoms with van der Waals surface area (Å²) in [6.07, 6.45) is 3.89. The Morgan fingerprint density at radius 2 is 1.96 bits per heavy atom. The Hall–Kier alpha value is -2.02. The zero-order valence-electron chi connectivity index (χ0n) is 14.5. The topological polar surface area (TPSA) is 89.2 Å². The standard InChI is InChI=1S/C18H22N4O2S/c1-9-13-10(2)20-16(11-5-6-11)21-17(13)25-14(9)18(24)22-7-3-4-12(8-22)15(19)23/h11-12H,3-8H2,1-2H3,(H2,19,23). The molecule has 0 aromatic carbocycles. The van der Waals surface area contributed by atoms with Crippen molar-refractivity contribution >= 4 is 33.4 Å². The highest BCUT2D eigenvalue weighted by Gasteiger charge is 2.31. The number of hydrogen-bond donors (Lipinski definition) is 1. The van der Waals surface area contributed by atoms with Gasteiger partial charge in [0.25, 0.3) is 5.91 Å². The van der Waals surface area contributed by atoms with Gasteiger partial charge in [-0.25, -0.2) is 9.97 Å². The van der Waals surface area contributed by atoms with Crippen molar-refractivity contribution in [2.24, 2.45) is 11.7 Å². The SMILES string of the molecule is Cc1nc(C2CC2)nc2sc(C(=O)N3CCCC(C(N)=O)C3)c(C)c12. The van der Waals surface area contributed by atoms with E-state index in [2.05, 4.69) is 4.98 Å². The number of nitrogens with two attached hydrogens (primary N) is 1. The number of carbonyl (C=O) groups is 2. The first-order valence-electron chi connectivity index (χ1n) is 8.82. The third kappa shape index (κ3) is 2.90. The van der Waals surface area contributed by atoms with Gasteiger partial charge in [0.2, 0.25) is 5.91 Å². The number of piperidine rings is 1. The van der Waals surface area contributed by atoms with Crippen LogP contribution < -0.4 is 5.73 Å². The fourth-order valence-corrected chi connectivity index (χ4v) is 4.83. The van der Waals surface area contributed by atoms with E-state index in [-0.39, 0.29) is 17.7 Å². The van der Waals surface area contributed by atoms with Crippen molar-refractivity contribution in [1.82, 2.24) is 14.9 Å². The first-order chi connectivity index (χ1) is 12.0. The van der Waals surface area contributed by atoms with Crippen molar-refractivity contribution in [3.05, 3.63) is 22.0 Å². The molecule has 1 aliphatic carbocycles. The lowest BCUT2D eigenvalue weighted by molar-refractivity contribution is -0.123. The molecular weight excluding hydrogens is 336 g/mol. The van der Waals surface area contributed by atoms with E-state index < -0.39 is 0 Å². The molecule has 2 amide bonds. The maximum atomic E-state index is 13.0. The van der Waals surface area contributed by atoms with E-state index in [1.165, 1.54) is 11.3 Å². The van der Waals surface area contributed by atoms with Gasteiger partial charge in [-0.15, -0.1) is 11.3 Å². The Morgan fingerprint density at radius 3 is 2.64 bits per heavy atom. The Labute approximate surface area is 150 Å². The van der Waals surface area contributed by atoms with Gasteiger partial charge in [-0.1, -0.05) is 0 Å². The maximum absolute atomic E-state index is 13.0. The number of hydrogen-bond acceptors (Lipinski definition) is 5. The molecule has 0 bridgehead atoms. The molecular formula is C18H22N4O2S. The lowest BCUT2D eigenvalue weighted by Crippen LogP contribution is -2.44. The molecule has 2 aliphatic rings. The molecule has 2 fully saturated rings. The van der Waals surface area contributed by atoms with Crippen LogP contribution in [0.2, 0.25) is 0 Å². The number of likely N-dealkylation sites (tertiary alicyclic amines) is 1. The second-order valence-corrected chi connectivity index (χ2v) is 8.17. The van der Waals surface area contributed by atoms with E-state index >= 15 is 0 Å². The molecule has 1 unspecified atom stereocenters. The third-order valence-electron chi connectivity index (χ3n) is 5.24. The summed E-state index contributed by atoms with van der Waals surface area (Å²) < 4.78 is 0. The highest BCUT2D eigenvalue weighted by Crippen LogP contribution is 2.40. The van der Waals surface area contributed by atoms with Crippen molar-refractivity contribution in [3.63, 3.8) is 0 Å². The fraction of sp³-hybridized carbons (Fsp3) is 0.556. The normalized spacial score (nSPS) is 20.9. The molecule has 25 heavy (non-hydrogen) atoms. The van der Waals surface area contributed by atoms with Crippen LogP contribution in [0.25, 0.3) is 10.2 Å². The zero-order valence-corrected chi connectivity index (χ0v) is 15.4. The molecule has 2 aromatic heterocycles. The Bertz CT molecular complexity index is 872. The molecule has 7 heteroatoms. The molecule has 0 radical (unpaired) electrons. The number of aryl methyl sites for hydroxylation is 2. The van der Waals surface area contributed by atoms with Crippen LogP contribution in [0.3, 0.4) is 0 Å². The second-order valence-electron chi connectivity index (χ2n) is 7.17. The lowest BCUT2D eigenvalue weighted by atomic mass is 9.97. The molecule has 4 rings (SSSR count). The Morgan fingerprint density at radius 1 is 1.20 bits per heavy atom. The van der Waals surface area contributed by atoms with Gasteiger partial charge in [-0.05, 0) is 45.1 Å². The number of fused-ring (bicyclic) bond motifs is 1. The second kappa shape index (κ2) is 6.05. The third-order valence-corrected chi connectivity index (χ3v) is 6.41. The van der Waals surface area contributed by atoms with Crippen molar-refractivity contribution in [3.8, 4) is 0 Å². The van der Waals surface area contributed by atoms with Gasteiger partial charge in [0.05, 0.1) is 16.5 Å². The molecule has 2 N–H and O–H groups in total. The van der Waals surface area contributed by atoms with Crippen LogP contribution in [0, 0.1) is 19.8 Å². The maximum Gasteiger partial charge on any atom is 0.264 e. The predicted octanol–water partition coefficient (Wildman–Crippen LogP) is 2.52. The van der Waals surface area contributed by atoms with E-state index in [0.29, 0.717) is 23.9 Å². The zero-order chi connectivity index (χ0) is 17.7. The first kappa shape index (κ1) is 16.4. The summed E-state index contributed by atoms with van der Waals surface area (Å²) in [6.45, 7) is 5.05. The molecule has 1 aliphatic heterocycles. The summed E-state index contributed by atoms with van der Waals surface area (Å²) in [5.41, 5.74) is 7.34. The number of nitrogens with zero attached hydrogens (tertiary/aromatic N) is 3. The van der Waals surface area contributed by atoms with Gasteiger partial charge in [0.1, 0.15) is 10.7 Å². The average Bonchev–Trinajstić information content (AvgIpc) is 3.38. The molecule has 2 aromatic rings. The van der Waals surface area contributed by atoms with Crippen LogP contribution in [-0.4, -0.2) is 39.8 Å². The van der Waals surface area contributed by atoms with Crippen LogP contribution in [0.5, 0.6) is 0 Å². The van der Waals surface area contributed by atoms with E-state index in [1.807, 2.05) is 13.8 Å². The number of amides is 2. The minimum atomic E-state index is -0.318. The molecule has 132 valence electrons. The van der Waals surface area contributed by atoms with E-state index in [9.17, 15) is 9.59 Å². The van der Waals surface area contributed by atoms with Gasteiger partial charge in [-0.3, -0.25) is 9.59 Å².